The zero-order valence-corrected chi connectivity index (χ0v) is 15.8. The van der Waals surface area contributed by atoms with Crippen molar-refractivity contribution >= 4 is 0 Å². The van der Waals surface area contributed by atoms with Crippen LogP contribution in [0.5, 0.6) is 0 Å². The monoisotopic (exact) mass is 355 g/mol. The summed E-state index contributed by atoms with van der Waals surface area (Å²) in [5.74, 6) is 1.08. The lowest BCUT2D eigenvalue weighted by Gasteiger charge is -2.42. The van der Waals surface area contributed by atoms with E-state index in [4.69, 9.17) is 4.74 Å². The SMILES string of the molecule is CO[C@@H]1c2ccccc2C2(CCN(CCCn3ccnc3C)CC2)[C@H]1O. The molecule has 1 aromatic heterocycles. The highest BCUT2D eigenvalue weighted by Crippen LogP contribution is 2.51. The number of aliphatic hydroxyl groups excluding tert-OH is 1. The number of rotatable bonds is 5. The van der Waals surface area contributed by atoms with Crippen LogP contribution in [0.25, 0.3) is 0 Å². The van der Waals surface area contributed by atoms with E-state index in [-0.39, 0.29) is 11.5 Å². The van der Waals surface area contributed by atoms with E-state index in [0.29, 0.717) is 0 Å². The maximum absolute atomic E-state index is 11.0. The Balaban J connectivity index is 1.39. The van der Waals surface area contributed by atoms with Gasteiger partial charge in [0.15, 0.2) is 0 Å². The minimum atomic E-state index is -0.444. The van der Waals surface area contributed by atoms with Gasteiger partial charge in [-0.3, -0.25) is 0 Å². The lowest BCUT2D eigenvalue weighted by molar-refractivity contribution is -0.0546. The van der Waals surface area contributed by atoms with Crippen molar-refractivity contribution in [3.8, 4) is 0 Å². The summed E-state index contributed by atoms with van der Waals surface area (Å²) in [4.78, 5) is 6.82. The highest BCUT2D eigenvalue weighted by molar-refractivity contribution is 5.44. The van der Waals surface area contributed by atoms with Gasteiger partial charge in [0.1, 0.15) is 11.9 Å². The number of likely N-dealkylation sites (tertiary alicyclic amines) is 1. The first-order valence-corrected chi connectivity index (χ1v) is 9.66. The number of fused-ring (bicyclic) bond motifs is 2. The first-order chi connectivity index (χ1) is 12.7. The molecule has 0 amide bonds. The van der Waals surface area contributed by atoms with Crippen LogP contribution in [0, 0.1) is 6.92 Å². The van der Waals surface area contributed by atoms with Crippen LogP contribution in [-0.4, -0.2) is 52.4 Å². The van der Waals surface area contributed by atoms with Crippen LogP contribution in [0.15, 0.2) is 36.7 Å². The van der Waals surface area contributed by atoms with Crippen molar-refractivity contribution < 1.29 is 9.84 Å². The smallest absolute Gasteiger partial charge is 0.109 e. The number of methoxy groups -OCH3 is 1. The quantitative estimate of drug-likeness (QED) is 0.896. The minimum Gasteiger partial charge on any atom is -0.389 e. The molecule has 2 aromatic rings. The highest BCUT2D eigenvalue weighted by atomic mass is 16.5. The van der Waals surface area contributed by atoms with E-state index in [9.17, 15) is 5.11 Å². The van der Waals surface area contributed by atoms with Crippen LogP contribution in [0.3, 0.4) is 0 Å². The Hall–Kier alpha value is -1.69. The lowest BCUT2D eigenvalue weighted by Crippen LogP contribution is -2.48. The van der Waals surface area contributed by atoms with Gasteiger partial charge in [0.2, 0.25) is 0 Å². The van der Waals surface area contributed by atoms with E-state index in [1.165, 1.54) is 11.1 Å². The number of hydrogen-bond acceptors (Lipinski definition) is 4. The highest BCUT2D eigenvalue weighted by Gasteiger charge is 2.52. The van der Waals surface area contributed by atoms with Crippen molar-refractivity contribution in [2.24, 2.45) is 0 Å². The molecule has 1 spiro atoms. The molecule has 1 aromatic carbocycles. The normalized spacial score (nSPS) is 24.9. The Morgan fingerprint density at radius 1 is 1.23 bits per heavy atom. The second-order valence-corrected chi connectivity index (χ2v) is 7.71. The molecule has 2 heterocycles. The molecule has 0 unspecified atom stereocenters. The van der Waals surface area contributed by atoms with Crippen LogP contribution in [0.1, 0.15) is 42.3 Å². The van der Waals surface area contributed by atoms with E-state index in [1.54, 1.807) is 7.11 Å². The number of aromatic nitrogens is 2. The van der Waals surface area contributed by atoms with Gasteiger partial charge < -0.3 is 19.3 Å². The molecule has 1 saturated heterocycles. The van der Waals surface area contributed by atoms with Crippen molar-refractivity contribution in [3.05, 3.63) is 53.6 Å². The maximum atomic E-state index is 11.0. The number of aryl methyl sites for hydroxylation is 2. The van der Waals surface area contributed by atoms with Gasteiger partial charge in [-0.15, -0.1) is 0 Å². The molecule has 140 valence electrons. The fourth-order valence-corrected chi connectivity index (χ4v) is 4.92. The van der Waals surface area contributed by atoms with Crippen molar-refractivity contribution in [1.82, 2.24) is 14.5 Å². The van der Waals surface area contributed by atoms with Crippen molar-refractivity contribution in [2.45, 2.75) is 50.4 Å². The number of piperidine rings is 1. The van der Waals surface area contributed by atoms with Crippen LogP contribution in [0.2, 0.25) is 0 Å². The van der Waals surface area contributed by atoms with Crippen molar-refractivity contribution in [2.75, 3.05) is 26.7 Å². The molecular formula is C21H29N3O2. The molecule has 4 rings (SSSR count). The molecule has 1 fully saturated rings. The third-order valence-corrected chi connectivity index (χ3v) is 6.46. The topological polar surface area (TPSA) is 50.5 Å². The Morgan fingerprint density at radius 3 is 2.69 bits per heavy atom. The molecule has 2 atom stereocenters. The predicted octanol–water partition coefficient (Wildman–Crippen LogP) is 2.68. The number of hydrogen-bond donors (Lipinski definition) is 1. The Kier molecular flexibility index (Phi) is 4.86. The largest absolute Gasteiger partial charge is 0.389 e. The summed E-state index contributed by atoms with van der Waals surface area (Å²) in [5.41, 5.74) is 2.33. The van der Waals surface area contributed by atoms with Crippen molar-refractivity contribution in [3.63, 3.8) is 0 Å². The second-order valence-electron chi connectivity index (χ2n) is 7.71. The molecule has 26 heavy (non-hydrogen) atoms. The third kappa shape index (κ3) is 2.88. The van der Waals surface area contributed by atoms with Gasteiger partial charge in [0, 0.05) is 31.5 Å². The molecule has 5 nitrogen and oxygen atoms in total. The number of ether oxygens (including phenoxy) is 1. The van der Waals surface area contributed by atoms with E-state index >= 15 is 0 Å². The summed E-state index contributed by atoms with van der Waals surface area (Å²) >= 11 is 0. The van der Waals surface area contributed by atoms with E-state index in [0.717, 1.165) is 51.3 Å². The minimum absolute atomic E-state index is 0.144. The van der Waals surface area contributed by atoms with E-state index in [1.807, 2.05) is 12.3 Å². The average Bonchev–Trinajstić information content (AvgIpc) is 3.17. The van der Waals surface area contributed by atoms with Gasteiger partial charge in [-0.1, -0.05) is 24.3 Å². The summed E-state index contributed by atoms with van der Waals surface area (Å²) in [6.45, 7) is 6.23. The fourth-order valence-electron chi connectivity index (χ4n) is 4.92. The molecule has 2 aliphatic rings. The third-order valence-electron chi connectivity index (χ3n) is 6.46. The number of benzene rings is 1. The predicted molar refractivity (Wildman–Crippen MR) is 101 cm³/mol. The molecule has 0 bridgehead atoms. The van der Waals surface area contributed by atoms with Gasteiger partial charge in [-0.25, -0.2) is 4.98 Å². The summed E-state index contributed by atoms with van der Waals surface area (Å²) in [7, 11) is 1.71. The van der Waals surface area contributed by atoms with E-state index < -0.39 is 6.10 Å². The standard InChI is InChI=1S/C21H29N3O2/c1-16-22-10-15-24(16)12-5-11-23-13-8-21(9-14-23)18-7-4-3-6-17(18)19(26-2)20(21)25/h3-4,6-7,10,15,19-20,25H,5,8-9,11-14H2,1-2H3/t19-,20+/m1/s1. The number of imidazole rings is 1. The molecule has 0 radical (unpaired) electrons. The zero-order valence-electron chi connectivity index (χ0n) is 15.8. The summed E-state index contributed by atoms with van der Waals surface area (Å²) in [6.07, 6.45) is 6.40. The zero-order chi connectivity index (χ0) is 18.1. The van der Waals surface area contributed by atoms with E-state index in [2.05, 4.69) is 45.8 Å². The van der Waals surface area contributed by atoms with Crippen molar-refractivity contribution in [1.29, 1.82) is 0 Å². The van der Waals surface area contributed by atoms with Gasteiger partial charge in [-0.2, -0.15) is 0 Å². The van der Waals surface area contributed by atoms with Gasteiger partial charge in [-0.05, 0) is 56.9 Å². The molecule has 1 aliphatic carbocycles. The number of nitrogens with zero attached hydrogens (tertiary/aromatic N) is 3. The first kappa shape index (κ1) is 17.7. The molecular weight excluding hydrogens is 326 g/mol. The van der Waals surface area contributed by atoms with Crippen LogP contribution < -0.4 is 0 Å². The molecule has 5 heteroatoms. The maximum Gasteiger partial charge on any atom is 0.109 e. The van der Waals surface area contributed by atoms with Gasteiger partial charge >= 0.3 is 0 Å². The summed E-state index contributed by atoms with van der Waals surface area (Å²) < 4.78 is 7.86. The summed E-state index contributed by atoms with van der Waals surface area (Å²) in [5, 5.41) is 11.0. The number of aliphatic hydroxyl groups is 1. The molecule has 0 saturated carbocycles. The average molecular weight is 355 g/mol. The first-order valence-electron chi connectivity index (χ1n) is 9.66. The van der Waals surface area contributed by atoms with Crippen LogP contribution in [-0.2, 0) is 16.7 Å². The lowest BCUT2D eigenvalue weighted by atomic mass is 9.72. The Bertz CT molecular complexity index is 749. The van der Waals surface area contributed by atoms with Crippen LogP contribution >= 0.6 is 0 Å². The Morgan fingerprint density at radius 2 is 2.00 bits per heavy atom. The summed E-state index contributed by atoms with van der Waals surface area (Å²) in [6, 6.07) is 8.44. The van der Waals surface area contributed by atoms with Gasteiger partial charge in [0.05, 0.1) is 6.10 Å². The van der Waals surface area contributed by atoms with Gasteiger partial charge in [0.25, 0.3) is 0 Å². The Labute approximate surface area is 155 Å². The molecule has 1 aliphatic heterocycles. The molecule has 1 N–H and O–H groups in total. The fraction of sp³-hybridized carbons (Fsp3) is 0.571. The van der Waals surface area contributed by atoms with Crippen LogP contribution in [0.4, 0.5) is 0 Å². The second kappa shape index (κ2) is 7.14.